The highest BCUT2D eigenvalue weighted by atomic mass is 32.2. The van der Waals surface area contributed by atoms with E-state index in [9.17, 15) is 8.60 Å². The zero-order chi connectivity index (χ0) is 11.3. The van der Waals surface area contributed by atoms with Gasteiger partial charge in [0, 0.05) is 28.6 Å². The van der Waals surface area contributed by atoms with Crippen LogP contribution in [0.3, 0.4) is 0 Å². The Bertz CT molecular complexity index is 462. The minimum Gasteiger partial charge on any atom is -0.308 e. The highest BCUT2D eigenvalue weighted by Crippen LogP contribution is 2.37. The average molecular weight is 239 g/mol. The predicted molar refractivity (Wildman–Crippen MR) is 62.2 cm³/mol. The van der Waals surface area contributed by atoms with Gasteiger partial charge in [0.2, 0.25) is 0 Å². The van der Waals surface area contributed by atoms with Crippen molar-refractivity contribution < 1.29 is 8.60 Å². The highest BCUT2D eigenvalue weighted by molar-refractivity contribution is 7.86. The summed E-state index contributed by atoms with van der Waals surface area (Å²) < 4.78 is 25.3. The molecular weight excluding hydrogens is 225 g/mol. The molecule has 2 aliphatic rings. The lowest BCUT2D eigenvalue weighted by Crippen LogP contribution is -2.46. The summed E-state index contributed by atoms with van der Waals surface area (Å²) in [6.07, 6.45) is 0.738. The van der Waals surface area contributed by atoms with Gasteiger partial charge >= 0.3 is 0 Å². The van der Waals surface area contributed by atoms with Crippen molar-refractivity contribution in [1.82, 2.24) is 5.32 Å². The summed E-state index contributed by atoms with van der Waals surface area (Å²) in [6, 6.07) is 5.06. The van der Waals surface area contributed by atoms with Crippen molar-refractivity contribution >= 4 is 10.8 Å². The number of rotatable bonds is 0. The van der Waals surface area contributed by atoms with Crippen molar-refractivity contribution in [2.75, 3.05) is 6.54 Å². The number of benzene rings is 1. The van der Waals surface area contributed by atoms with E-state index in [1.54, 1.807) is 6.07 Å². The summed E-state index contributed by atoms with van der Waals surface area (Å²) in [5, 5.41) is 3.74. The van der Waals surface area contributed by atoms with Gasteiger partial charge in [-0.1, -0.05) is 6.07 Å². The largest absolute Gasteiger partial charge is 0.308 e. The topological polar surface area (TPSA) is 29.1 Å². The van der Waals surface area contributed by atoms with E-state index in [1.807, 2.05) is 13.0 Å². The van der Waals surface area contributed by atoms with Gasteiger partial charge in [-0.25, -0.2) is 4.39 Å². The van der Waals surface area contributed by atoms with Crippen LogP contribution in [-0.4, -0.2) is 21.3 Å². The molecule has 0 radical (unpaired) electrons. The van der Waals surface area contributed by atoms with Crippen LogP contribution in [0.1, 0.15) is 24.1 Å². The Hall–Kier alpha value is -0.740. The lowest BCUT2D eigenvalue weighted by Gasteiger charge is -2.30. The van der Waals surface area contributed by atoms with Gasteiger partial charge in [-0.15, -0.1) is 0 Å². The van der Waals surface area contributed by atoms with Crippen LogP contribution < -0.4 is 5.32 Å². The Morgan fingerprint density at radius 1 is 1.50 bits per heavy atom. The maximum atomic E-state index is 13.1. The summed E-state index contributed by atoms with van der Waals surface area (Å²) in [6.45, 7) is 2.79. The molecule has 1 saturated heterocycles. The maximum absolute atomic E-state index is 13.1. The molecule has 16 heavy (non-hydrogen) atoms. The number of hydrogen-bond acceptors (Lipinski definition) is 2. The molecule has 1 aromatic carbocycles. The molecule has 0 spiro atoms. The molecule has 4 heteroatoms. The number of nitrogens with one attached hydrogen (secondary N) is 1. The zero-order valence-corrected chi connectivity index (χ0v) is 9.89. The average Bonchev–Trinajstić information content (AvgIpc) is 2.62. The van der Waals surface area contributed by atoms with Gasteiger partial charge < -0.3 is 5.32 Å². The summed E-state index contributed by atoms with van der Waals surface area (Å²) >= 11 is 0. The molecule has 2 nitrogen and oxygen atoms in total. The SMILES string of the molecule is CC1CNC2c3ccc(F)cc3CC2S1=O. The summed E-state index contributed by atoms with van der Waals surface area (Å²) in [5.41, 5.74) is 2.15. The van der Waals surface area contributed by atoms with E-state index in [0.29, 0.717) is 0 Å². The van der Waals surface area contributed by atoms with Crippen molar-refractivity contribution in [3.8, 4) is 0 Å². The second kappa shape index (κ2) is 3.64. The summed E-state index contributed by atoms with van der Waals surface area (Å²) in [7, 11) is -0.808. The van der Waals surface area contributed by atoms with Crippen LogP contribution >= 0.6 is 0 Å². The Morgan fingerprint density at radius 2 is 2.31 bits per heavy atom. The lowest BCUT2D eigenvalue weighted by atomic mass is 10.1. The zero-order valence-electron chi connectivity index (χ0n) is 9.07. The first-order valence-electron chi connectivity index (χ1n) is 5.58. The first-order valence-corrected chi connectivity index (χ1v) is 6.85. The van der Waals surface area contributed by atoms with E-state index in [4.69, 9.17) is 0 Å². The van der Waals surface area contributed by atoms with Gasteiger partial charge in [-0.3, -0.25) is 4.21 Å². The molecule has 0 saturated carbocycles. The molecule has 3 rings (SSSR count). The molecule has 1 fully saturated rings. The minimum atomic E-state index is -0.808. The Labute approximate surface area is 96.7 Å². The van der Waals surface area contributed by atoms with Crippen LogP contribution in [0.2, 0.25) is 0 Å². The van der Waals surface area contributed by atoms with E-state index < -0.39 is 10.8 Å². The van der Waals surface area contributed by atoms with Crippen LogP contribution in [-0.2, 0) is 17.2 Å². The van der Waals surface area contributed by atoms with Gasteiger partial charge in [-0.2, -0.15) is 0 Å². The third-order valence-electron chi connectivity index (χ3n) is 3.55. The van der Waals surface area contributed by atoms with Gasteiger partial charge in [0.05, 0.1) is 5.25 Å². The fourth-order valence-electron chi connectivity index (χ4n) is 2.72. The van der Waals surface area contributed by atoms with Crippen molar-refractivity contribution in [1.29, 1.82) is 0 Å². The maximum Gasteiger partial charge on any atom is 0.123 e. The number of fused-ring (bicyclic) bond motifs is 3. The van der Waals surface area contributed by atoms with Crippen molar-refractivity contribution in [3.05, 3.63) is 35.1 Å². The molecule has 1 aliphatic heterocycles. The Balaban J connectivity index is 2.01. The molecule has 4 atom stereocenters. The second-order valence-corrected chi connectivity index (χ2v) is 6.68. The smallest absolute Gasteiger partial charge is 0.123 e. The Kier molecular flexibility index (Phi) is 2.37. The Morgan fingerprint density at radius 3 is 3.12 bits per heavy atom. The van der Waals surface area contributed by atoms with Gasteiger partial charge in [0.15, 0.2) is 0 Å². The van der Waals surface area contributed by atoms with E-state index in [2.05, 4.69) is 5.32 Å². The molecule has 0 aromatic heterocycles. The van der Waals surface area contributed by atoms with Gasteiger partial charge in [0.1, 0.15) is 5.82 Å². The van der Waals surface area contributed by atoms with Crippen LogP contribution in [0.4, 0.5) is 4.39 Å². The second-order valence-electron chi connectivity index (χ2n) is 4.61. The van der Waals surface area contributed by atoms with Crippen molar-refractivity contribution in [2.45, 2.75) is 29.9 Å². The number of hydrogen-bond donors (Lipinski definition) is 1. The highest BCUT2D eigenvalue weighted by Gasteiger charge is 2.41. The fraction of sp³-hybridized carbons (Fsp3) is 0.500. The van der Waals surface area contributed by atoms with E-state index in [0.717, 1.165) is 24.1 Å². The third kappa shape index (κ3) is 1.44. The first kappa shape index (κ1) is 10.4. The molecule has 0 amide bonds. The van der Waals surface area contributed by atoms with E-state index in [-0.39, 0.29) is 22.4 Å². The quantitative estimate of drug-likeness (QED) is 0.744. The van der Waals surface area contributed by atoms with Gasteiger partial charge in [0.25, 0.3) is 0 Å². The van der Waals surface area contributed by atoms with Gasteiger partial charge in [-0.05, 0) is 36.6 Å². The first-order chi connectivity index (χ1) is 7.66. The fourth-order valence-corrected chi connectivity index (χ4v) is 4.43. The predicted octanol–water partition coefficient (Wildman–Crippen LogP) is 1.53. The molecule has 1 heterocycles. The third-order valence-corrected chi connectivity index (χ3v) is 5.55. The standard InChI is InChI=1S/C12H14FNOS/c1-7-6-14-12-10-3-2-9(13)4-8(10)5-11(12)16(7)15/h2-4,7,11-12,14H,5-6H2,1H3. The van der Waals surface area contributed by atoms with Crippen LogP contribution in [0.15, 0.2) is 18.2 Å². The molecule has 4 unspecified atom stereocenters. The van der Waals surface area contributed by atoms with E-state index >= 15 is 0 Å². The monoisotopic (exact) mass is 239 g/mol. The molecule has 1 aliphatic carbocycles. The summed E-state index contributed by atoms with van der Waals surface area (Å²) in [4.78, 5) is 0. The molecular formula is C12H14FNOS. The van der Waals surface area contributed by atoms with Crippen molar-refractivity contribution in [2.24, 2.45) is 0 Å². The normalized spacial score (nSPS) is 36.9. The minimum absolute atomic E-state index is 0.126. The van der Waals surface area contributed by atoms with E-state index in [1.165, 1.54) is 6.07 Å². The van der Waals surface area contributed by atoms with Crippen LogP contribution in [0.5, 0.6) is 0 Å². The summed E-state index contributed by atoms with van der Waals surface area (Å²) in [5.74, 6) is -0.198. The van der Waals surface area contributed by atoms with Crippen LogP contribution in [0.25, 0.3) is 0 Å². The lowest BCUT2D eigenvalue weighted by molar-refractivity contribution is 0.497. The molecule has 1 N–H and O–H groups in total. The number of halogens is 1. The molecule has 86 valence electrons. The van der Waals surface area contributed by atoms with Crippen molar-refractivity contribution in [3.63, 3.8) is 0 Å². The molecule has 1 aromatic rings. The molecule has 0 bridgehead atoms. The van der Waals surface area contributed by atoms with Crippen LogP contribution in [0, 0.1) is 5.82 Å².